The molecule has 33 heavy (non-hydrogen) atoms. The molecule has 4 aromatic rings. The topological polar surface area (TPSA) is 112 Å². The van der Waals surface area contributed by atoms with Crippen molar-refractivity contribution in [1.82, 2.24) is 29.5 Å². The third-order valence-electron chi connectivity index (χ3n) is 5.15. The van der Waals surface area contributed by atoms with Gasteiger partial charge in [0.05, 0.1) is 12.4 Å². The van der Waals surface area contributed by atoms with Gasteiger partial charge in [-0.1, -0.05) is 0 Å². The summed E-state index contributed by atoms with van der Waals surface area (Å²) >= 11 is 0. The smallest absolute Gasteiger partial charge is 0.150 e. The van der Waals surface area contributed by atoms with Crippen LogP contribution in [0.25, 0.3) is 16.8 Å². The predicted octanol–water partition coefficient (Wildman–Crippen LogP) is 2.64. The highest BCUT2D eigenvalue weighted by atomic mass is 16.1. The Balaban J connectivity index is 0.000000569. The van der Waals surface area contributed by atoms with Crippen molar-refractivity contribution >= 4 is 36.0 Å². The van der Waals surface area contributed by atoms with Gasteiger partial charge >= 0.3 is 0 Å². The van der Waals surface area contributed by atoms with Gasteiger partial charge in [0.25, 0.3) is 0 Å². The highest BCUT2D eigenvalue weighted by Gasteiger charge is 2.15. The number of nitrogens with one attached hydrogen (secondary N) is 2. The second-order valence-electron chi connectivity index (χ2n) is 7.35. The average molecular weight is 449 g/mol. The van der Waals surface area contributed by atoms with Crippen molar-refractivity contribution in [2.24, 2.45) is 0 Å². The third kappa shape index (κ3) is 6.01. The first-order valence-corrected chi connectivity index (χ1v) is 10.5. The van der Waals surface area contributed by atoms with Gasteiger partial charge in [-0.2, -0.15) is 5.10 Å². The van der Waals surface area contributed by atoms with E-state index in [1.807, 2.05) is 54.3 Å². The van der Waals surface area contributed by atoms with Crippen LogP contribution in [0, 0.1) is 0 Å². The molecular formula is C23H28N8O2. The number of carbonyl (C=O) groups excluding carboxylic acids is 2. The quantitative estimate of drug-likeness (QED) is 0.458. The van der Waals surface area contributed by atoms with Crippen LogP contribution in [0.4, 0.5) is 17.3 Å². The van der Waals surface area contributed by atoms with Crippen LogP contribution >= 0.6 is 0 Å². The Kier molecular flexibility index (Phi) is 8.25. The summed E-state index contributed by atoms with van der Waals surface area (Å²) in [7, 11) is 2.16. The Bertz CT molecular complexity index is 1150. The second-order valence-corrected chi connectivity index (χ2v) is 7.35. The van der Waals surface area contributed by atoms with E-state index in [0.29, 0.717) is 0 Å². The minimum Gasteiger partial charge on any atom is -0.369 e. The van der Waals surface area contributed by atoms with Gasteiger partial charge in [0.2, 0.25) is 0 Å². The van der Waals surface area contributed by atoms with E-state index in [9.17, 15) is 0 Å². The zero-order valence-electron chi connectivity index (χ0n) is 18.8. The van der Waals surface area contributed by atoms with Crippen molar-refractivity contribution < 1.29 is 9.59 Å². The number of H-pyrrole nitrogens is 1. The summed E-state index contributed by atoms with van der Waals surface area (Å²) in [5.74, 6) is 1.57. The summed E-state index contributed by atoms with van der Waals surface area (Å²) in [5.41, 5.74) is 4.20. The molecule has 10 heteroatoms. The number of fused-ring (bicyclic) bond motifs is 1. The van der Waals surface area contributed by atoms with Crippen molar-refractivity contribution in [3.05, 3.63) is 55.2 Å². The maximum atomic E-state index is 8.81. The Morgan fingerprint density at radius 1 is 1.06 bits per heavy atom. The number of hydrogen-bond acceptors (Lipinski definition) is 8. The summed E-state index contributed by atoms with van der Waals surface area (Å²) in [6.45, 7) is 7.67. The number of aromatic nitrogens is 5. The molecular weight excluding hydrogens is 420 g/mol. The van der Waals surface area contributed by atoms with Crippen LogP contribution in [-0.4, -0.2) is 75.8 Å². The summed E-state index contributed by atoms with van der Waals surface area (Å²) in [6.07, 6.45) is 10.3. The SMILES string of the molecule is C=O.CC=O.CN1CCN(c2ccnc(Nc3cn4cc(-c5cn[nH]c5)ccc4n3)c2)CC1. The molecule has 0 spiro atoms. The molecule has 0 amide bonds. The first-order valence-electron chi connectivity index (χ1n) is 10.5. The van der Waals surface area contributed by atoms with E-state index in [0.717, 1.165) is 60.9 Å². The molecule has 1 saturated heterocycles. The van der Waals surface area contributed by atoms with Crippen molar-refractivity contribution in [1.29, 1.82) is 0 Å². The van der Waals surface area contributed by atoms with E-state index in [4.69, 9.17) is 9.59 Å². The number of aldehydes is 1. The fourth-order valence-corrected chi connectivity index (χ4v) is 3.51. The maximum Gasteiger partial charge on any atom is 0.150 e. The van der Waals surface area contributed by atoms with Crippen LogP contribution in [-0.2, 0) is 9.59 Å². The Labute approximate surface area is 192 Å². The predicted molar refractivity (Wildman–Crippen MR) is 129 cm³/mol. The summed E-state index contributed by atoms with van der Waals surface area (Å²) in [6, 6.07) is 8.20. The molecule has 5 heterocycles. The lowest BCUT2D eigenvalue weighted by Gasteiger charge is -2.34. The zero-order valence-corrected chi connectivity index (χ0v) is 18.8. The van der Waals surface area contributed by atoms with Gasteiger partial charge in [0.15, 0.2) is 5.82 Å². The lowest BCUT2D eigenvalue weighted by molar-refractivity contribution is -0.106. The van der Waals surface area contributed by atoms with E-state index in [-0.39, 0.29) is 0 Å². The lowest BCUT2D eigenvalue weighted by Crippen LogP contribution is -2.44. The first-order chi connectivity index (χ1) is 16.2. The number of rotatable bonds is 4. The van der Waals surface area contributed by atoms with E-state index < -0.39 is 0 Å². The van der Waals surface area contributed by atoms with Crippen LogP contribution in [0.3, 0.4) is 0 Å². The summed E-state index contributed by atoms with van der Waals surface area (Å²) in [4.78, 5) is 30.7. The minimum atomic E-state index is 0.750. The molecule has 0 aromatic carbocycles. The standard InChI is InChI=1S/C20H22N8.C2H4O.CH2O/c1-26-6-8-27(9-7-26)17-4-5-21-18(10-17)24-19-14-28-13-15(2-3-20(28)25-19)16-11-22-23-12-16;1-2-3;1-2/h2-5,10-14H,6-9H2,1H3,(H,21,24)(H,22,23);2H,1H3;1H2. The second kappa shape index (κ2) is 11.5. The molecule has 1 fully saturated rings. The number of aromatic amines is 1. The van der Waals surface area contributed by atoms with Crippen LogP contribution < -0.4 is 10.2 Å². The van der Waals surface area contributed by atoms with Gasteiger partial charge in [-0.15, -0.1) is 0 Å². The number of imidazole rings is 1. The van der Waals surface area contributed by atoms with E-state index in [1.165, 1.54) is 12.6 Å². The third-order valence-corrected chi connectivity index (χ3v) is 5.15. The number of piperazine rings is 1. The van der Waals surface area contributed by atoms with Crippen molar-refractivity contribution in [3.8, 4) is 11.1 Å². The van der Waals surface area contributed by atoms with Gasteiger partial charge in [-0.05, 0) is 32.2 Å². The molecule has 2 N–H and O–H groups in total. The molecule has 0 atom stereocenters. The lowest BCUT2D eigenvalue weighted by atomic mass is 10.2. The number of hydrogen-bond donors (Lipinski definition) is 2. The first kappa shape index (κ1) is 23.6. The minimum absolute atomic E-state index is 0.750. The van der Waals surface area contributed by atoms with Gasteiger partial charge in [0.1, 0.15) is 24.5 Å². The van der Waals surface area contributed by atoms with E-state index in [2.05, 4.69) is 54.5 Å². The molecule has 0 unspecified atom stereocenters. The van der Waals surface area contributed by atoms with Crippen LogP contribution in [0.1, 0.15) is 6.92 Å². The monoisotopic (exact) mass is 448 g/mol. The Morgan fingerprint density at radius 2 is 1.82 bits per heavy atom. The Hall–Kier alpha value is -4.05. The van der Waals surface area contributed by atoms with E-state index >= 15 is 0 Å². The molecule has 10 nitrogen and oxygen atoms in total. The summed E-state index contributed by atoms with van der Waals surface area (Å²) < 4.78 is 2.01. The van der Waals surface area contributed by atoms with Gasteiger partial charge in [-0.25, -0.2) is 9.97 Å². The van der Waals surface area contributed by atoms with Gasteiger partial charge in [-0.3, -0.25) is 5.10 Å². The number of anilines is 3. The number of likely N-dealkylation sites (N-methyl/N-ethyl adjacent to an activating group) is 1. The molecule has 5 rings (SSSR count). The molecule has 1 aliphatic heterocycles. The molecule has 1 aliphatic rings. The van der Waals surface area contributed by atoms with Gasteiger partial charge in [0, 0.05) is 67.7 Å². The Morgan fingerprint density at radius 3 is 2.52 bits per heavy atom. The molecule has 0 aliphatic carbocycles. The number of nitrogens with zero attached hydrogens (tertiary/aromatic N) is 6. The van der Waals surface area contributed by atoms with Crippen molar-refractivity contribution in [3.63, 3.8) is 0 Å². The zero-order chi connectivity index (χ0) is 23.6. The van der Waals surface area contributed by atoms with Crippen molar-refractivity contribution in [2.45, 2.75) is 6.92 Å². The summed E-state index contributed by atoms with van der Waals surface area (Å²) in [5, 5.41) is 10.2. The van der Waals surface area contributed by atoms with Gasteiger partial charge < -0.3 is 29.1 Å². The fourth-order valence-electron chi connectivity index (χ4n) is 3.51. The fraction of sp³-hybridized carbons (Fsp3) is 0.261. The highest BCUT2D eigenvalue weighted by molar-refractivity contribution is 5.66. The van der Waals surface area contributed by atoms with Crippen molar-refractivity contribution in [2.75, 3.05) is 43.4 Å². The highest BCUT2D eigenvalue weighted by Crippen LogP contribution is 2.23. The van der Waals surface area contributed by atoms with Crippen LogP contribution in [0.5, 0.6) is 0 Å². The van der Waals surface area contributed by atoms with Crippen LogP contribution in [0.15, 0.2) is 55.2 Å². The average Bonchev–Trinajstić information content (AvgIpc) is 3.51. The molecule has 0 saturated carbocycles. The number of pyridine rings is 2. The number of carbonyl (C=O) groups is 2. The molecule has 0 radical (unpaired) electrons. The van der Waals surface area contributed by atoms with Crippen LogP contribution in [0.2, 0.25) is 0 Å². The van der Waals surface area contributed by atoms with E-state index in [1.54, 1.807) is 0 Å². The molecule has 172 valence electrons. The molecule has 0 bridgehead atoms. The normalized spacial score (nSPS) is 13.5. The largest absolute Gasteiger partial charge is 0.369 e. The maximum absolute atomic E-state index is 8.81. The molecule has 4 aromatic heterocycles.